The van der Waals surface area contributed by atoms with Crippen molar-refractivity contribution < 1.29 is 0 Å². The lowest BCUT2D eigenvalue weighted by Crippen LogP contribution is -2.11. The molecule has 3 heteroatoms. The van der Waals surface area contributed by atoms with Crippen LogP contribution in [0.15, 0.2) is 6.33 Å². The second-order valence-corrected chi connectivity index (χ2v) is 2.53. The van der Waals surface area contributed by atoms with Crippen molar-refractivity contribution in [1.82, 2.24) is 15.3 Å². The molecule has 0 unspecified atom stereocenters. The van der Waals surface area contributed by atoms with Crippen LogP contribution in [0, 0.1) is 0 Å². The van der Waals surface area contributed by atoms with E-state index < -0.39 is 0 Å². The first kappa shape index (κ1) is 8.27. The molecule has 1 aromatic heterocycles. The number of hydrogen-bond acceptors (Lipinski definition) is 2. The minimum atomic E-state index is 1.01. The van der Waals surface area contributed by atoms with Gasteiger partial charge in [0.1, 0.15) is 0 Å². The number of imidazole rings is 1. The molecule has 11 heavy (non-hydrogen) atoms. The third kappa shape index (κ3) is 2.05. The normalized spacial score (nSPS) is 10.4. The van der Waals surface area contributed by atoms with Gasteiger partial charge in [-0.05, 0) is 13.5 Å². The topological polar surface area (TPSA) is 40.7 Å². The molecule has 1 heterocycles. The molecule has 0 fully saturated rings. The van der Waals surface area contributed by atoms with Gasteiger partial charge in [0.25, 0.3) is 0 Å². The van der Waals surface area contributed by atoms with Crippen LogP contribution in [0.5, 0.6) is 0 Å². The summed E-state index contributed by atoms with van der Waals surface area (Å²) in [5, 5.41) is 3.11. The lowest BCUT2D eigenvalue weighted by Gasteiger charge is -1.98. The van der Waals surface area contributed by atoms with Crippen LogP contribution < -0.4 is 5.32 Å². The van der Waals surface area contributed by atoms with Gasteiger partial charge in [-0.2, -0.15) is 0 Å². The summed E-state index contributed by atoms with van der Waals surface area (Å²) in [5.41, 5.74) is 2.46. The summed E-state index contributed by atoms with van der Waals surface area (Å²) in [5.74, 6) is 0. The van der Waals surface area contributed by atoms with Crippen LogP contribution in [0.25, 0.3) is 0 Å². The first-order chi connectivity index (χ1) is 5.38. The van der Waals surface area contributed by atoms with Gasteiger partial charge in [0.15, 0.2) is 0 Å². The molecule has 0 amide bonds. The second kappa shape index (κ2) is 4.13. The zero-order chi connectivity index (χ0) is 8.10. The minimum absolute atomic E-state index is 1.01. The standard InChI is InChI=1S/C8H15N3/c1-3-7-8(4-5-9-2)11-6-10-7/h6,9H,3-5H2,1-2H3,(H,10,11). The van der Waals surface area contributed by atoms with Crippen molar-refractivity contribution in [2.45, 2.75) is 19.8 Å². The Morgan fingerprint density at radius 1 is 1.64 bits per heavy atom. The summed E-state index contributed by atoms with van der Waals surface area (Å²) in [6, 6.07) is 0. The van der Waals surface area contributed by atoms with Gasteiger partial charge in [-0.1, -0.05) is 6.92 Å². The van der Waals surface area contributed by atoms with Crippen LogP contribution in [0.1, 0.15) is 18.3 Å². The largest absolute Gasteiger partial charge is 0.348 e. The van der Waals surface area contributed by atoms with E-state index in [4.69, 9.17) is 0 Å². The van der Waals surface area contributed by atoms with E-state index in [1.54, 1.807) is 6.33 Å². The summed E-state index contributed by atoms with van der Waals surface area (Å²) < 4.78 is 0. The molecule has 0 aliphatic rings. The summed E-state index contributed by atoms with van der Waals surface area (Å²) in [4.78, 5) is 7.34. The predicted octanol–water partition coefficient (Wildman–Crippen LogP) is 0.734. The number of hydrogen-bond donors (Lipinski definition) is 2. The van der Waals surface area contributed by atoms with Gasteiger partial charge in [-0.3, -0.25) is 0 Å². The molecule has 0 spiro atoms. The van der Waals surface area contributed by atoms with E-state index in [0.717, 1.165) is 19.4 Å². The van der Waals surface area contributed by atoms with Crippen molar-refractivity contribution in [1.29, 1.82) is 0 Å². The molecule has 0 saturated heterocycles. The SMILES string of the molecule is CCc1nc[nH]c1CCNC. The van der Waals surface area contributed by atoms with Crippen LogP contribution in [-0.4, -0.2) is 23.6 Å². The lowest BCUT2D eigenvalue weighted by molar-refractivity contribution is 0.772. The molecule has 3 nitrogen and oxygen atoms in total. The number of rotatable bonds is 4. The predicted molar refractivity (Wildman–Crippen MR) is 45.6 cm³/mol. The summed E-state index contributed by atoms with van der Waals surface area (Å²) >= 11 is 0. The van der Waals surface area contributed by atoms with E-state index in [0.29, 0.717) is 0 Å². The number of nitrogens with zero attached hydrogens (tertiary/aromatic N) is 1. The van der Waals surface area contributed by atoms with Gasteiger partial charge in [0, 0.05) is 18.7 Å². The number of aromatic nitrogens is 2. The first-order valence-corrected chi connectivity index (χ1v) is 4.04. The van der Waals surface area contributed by atoms with E-state index in [9.17, 15) is 0 Å². The number of nitrogens with one attached hydrogen (secondary N) is 2. The Labute approximate surface area is 67.2 Å². The fraction of sp³-hybridized carbons (Fsp3) is 0.625. The number of aromatic amines is 1. The molecule has 0 aliphatic heterocycles. The lowest BCUT2D eigenvalue weighted by atomic mass is 10.2. The molecule has 0 aromatic carbocycles. The molecule has 2 N–H and O–H groups in total. The highest BCUT2D eigenvalue weighted by Gasteiger charge is 2.00. The average Bonchev–Trinajstić information content (AvgIpc) is 2.47. The van der Waals surface area contributed by atoms with E-state index in [1.165, 1.54) is 11.4 Å². The van der Waals surface area contributed by atoms with Crippen molar-refractivity contribution in [2.24, 2.45) is 0 Å². The number of aryl methyl sites for hydroxylation is 1. The smallest absolute Gasteiger partial charge is 0.0925 e. The highest BCUT2D eigenvalue weighted by atomic mass is 14.9. The van der Waals surface area contributed by atoms with Crippen LogP contribution in [0.4, 0.5) is 0 Å². The van der Waals surface area contributed by atoms with Gasteiger partial charge in [-0.25, -0.2) is 4.98 Å². The number of H-pyrrole nitrogens is 1. The molecule has 0 atom stereocenters. The maximum Gasteiger partial charge on any atom is 0.0925 e. The van der Waals surface area contributed by atoms with Crippen LogP contribution in [0.2, 0.25) is 0 Å². The summed E-state index contributed by atoms with van der Waals surface area (Å²) in [6.07, 6.45) is 3.83. The van der Waals surface area contributed by atoms with Crippen molar-refractivity contribution >= 4 is 0 Å². The van der Waals surface area contributed by atoms with Crippen LogP contribution >= 0.6 is 0 Å². The highest BCUT2D eigenvalue weighted by molar-refractivity contribution is 5.10. The van der Waals surface area contributed by atoms with Crippen molar-refractivity contribution in [3.05, 3.63) is 17.7 Å². The third-order valence-electron chi connectivity index (χ3n) is 1.77. The quantitative estimate of drug-likeness (QED) is 0.669. The summed E-state index contributed by atoms with van der Waals surface area (Å²) in [7, 11) is 1.96. The minimum Gasteiger partial charge on any atom is -0.348 e. The van der Waals surface area contributed by atoms with Gasteiger partial charge in [-0.15, -0.1) is 0 Å². The van der Waals surface area contributed by atoms with Crippen molar-refractivity contribution in [2.75, 3.05) is 13.6 Å². The fourth-order valence-electron chi connectivity index (χ4n) is 1.12. The van der Waals surface area contributed by atoms with E-state index in [2.05, 4.69) is 22.2 Å². The number of likely N-dealkylation sites (N-methyl/N-ethyl adjacent to an activating group) is 1. The molecule has 1 rings (SSSR count). The van der Waals surface area contributed by atoms with Gasteiger partial charge < -0.3 is 10.3 Å². The van der Waals surface area contributed by atoms with E-state index in [-0.39, 0.29) is 0 Å². The Hall–Kier alpha value is -0.830. The second-order valence-electron chi connectivity index (χ2n) is 2.53. The molecule has 62 valence electrons. The molecule has 0 saturated carbocycles. The Morgan fingerprint density at radius 2 is 2.45 bits per heavy atom. The first-order valence-electron chi connectivity index (χ1n) is 4.04. The third-order valence-corrected chi connectivity index (χ3v) is 1.77. The molecule has 1 aromatic rings. The molecular formula is C8H15N3. The van der Waals surface area contributed by atoms with Crippen LogP contribution in [-0.2, 0) is 12.8 Å². The monoisotopic (exact) mass is 153 g/mol. The van der Waals surface area contributed by atoms with Gasteiger partial charge in [0.05, 0.1) is 12.0 Å². The zero-order valence-corrected chi connectivity index (χ0v) is 7.15. The Morgan fingerprint density at radius 3 is 3.09 bits per heavy atom. The molecule has 0 radical (unpaired) electrons. The maximum absolute atomic E-state index is 4.20. The van der Waals surface area contributed by atoms with Crippen LogP contribution in [0.3, 0.4) is 0 Å². The van der Waals surface area contributed by atoms with Gasteiger partial charge in [0.2, 0.25) is 0 Å². The van der Waals surface area contributed by atoms with Gasteiger partial charge >= 0.3 is 0 Å². The zero-order valence-electron chi connectivity index (χ0n) is 7.15. The van der Waals surface area contributed by atoms with E-state index >= 15 is 0 Å². The highest BCUT2D eigenvalue weighted by Crippen LogP contribution is 2.02. The van der Waals surface area contributed by atoms with Crippen molar-refractivity contribution in [3.63, 3.8) is 0 Å². The summed E-state index contributed by atoms with van der Waals surface area (Å²) in [6.45, 7) is 3.13. The average molecular weight is 153 g/mol. The fourth-order valence-corrected chi connectivity index (χ4v) is 1.12. The Balaban J connectivity index is 2.54. The maximum atomic E-state index is 4.20. The molecule has 0 bridgehead atoms. The van der Waals surface area contributed by atoms with E-state index in [1.807, 2.05) is 7.05 Å². The Bertz CT molecular complexity index is 205. The molecule has 0 aliphatic carbocycles. The Kier molecular flexibility index (Phi) is 3.11. The molecular weight excluding hydrogens is 138 g/mol. The van der Waals surface area contributed by atoms with Crippen molar-refractivity contribution in [3.8, 4) is 0 Å².